The van der Waals surface area contributed by atoms with Gasteiger partial charge in [0.2, 0.25) is 0 Å². The fourth-order valence-corrected chi connectivity index (χ4v) is 1.82. The number of nitrogens with two attached hydrogens (primary N) is 1. The molecule has 0 spiro atoms. The lowest BCUT2D eigenvalue weighted by atomic mass is 10.0. The molecule has 1 fully saturated rings. The van der Waals surface area contributed by atoms with Gasteiger partial charge in [-0.25, -0.2) is 4.39 Å². The molecule has 1 aromatic rings. The predicted octanol–water partition coefficient (Wildman–Crippen LogP) is 2.27. The molecule has 0 amide bonds. The van der Waals surface area contributed by atoms with E-state index in [0.717, 1.165) is 6.42 Å². The highest BCUT2D eigenvalue weighted by Crippen LogP contribution is 2.30. The van der Waals surface area contributed by atoms with Crippen molar-refractivity contribution >= 4 is 11.6 Å². The zero-order valence-corrected chi connectivity index (χ0v) is 8.30. The maximum absolute atomic E-state index is 13.5. The van der Waals surface area contributed by atoms with Crippen LogP contribution in [0.5, 0.6) is 0 Å². The van der Waals surface area contributed by atoms with Crippen molar-refractivity contribution < 1.29 is 9.13 Å². The van der Waals surface area contributed by atoms with E-state index in [1.807, 2.05) is 0 Å². The normalized spacial score (nSPS) is 26.8. The molecule has 14 heavy (non-hydrogen) atoms. The largest absolute Gasteiger partial charge is 0.372 e. The molecule has 1 aromatic carbocycles. The summed E-state index contributed by atoms with van der Waals surface area (Å²) >= 11 is 5.65. The van der Waals surface area contributed by atoms with Crippen LogP contribution >= 0.6 is 11.6 Å². The van der Waals surface area contributed by atoms with Gasteiger partial charge in [-0.15, -0.1) is 0 Å². The molecule has 1 aliphatic heterocycles. The van der Waals surface area contributed by atoms with Gasteiger partial charge in [-0.3, -0.25) is 0 Å². The van der Waals surface area contributed by atoms with Crippen molar-refractivity contribution in [3.63, 3.8) is 0 Å². The van der Waals surface area contributed by atoms with Crippen LogP contribution in [-0.2, 0) is 4.74 Å². The SMILES string of the molecule is NC1CCOC1c1ccc(Cl)cc1F. The van der Waals surface area contributed by atoms with E-state index < -0.39 is 0 Å². The third-order valence-electron chi connectivity index (χ3n) is 2.41. The van der Waals surface area contributed by atoms with Crippen LogP contribution in [0.15, 0.2) is 18.2 Å². The number of hydrogen-bond donors (Lipinski definition) is 1. The molecule has 1 aliphatic rings. The number of benzene rings is 1. The van der Waals surface area contributed by atoms with Crippen LogP contribution in [0.2, 0.25) is 5.02 Å². The first-order valence-electron chi connectivity index (χ1n) is 4.50. The molecular weight excluding hydrogens is 205 g/mol. The van der Waals surface area contributed by atoms with E-state index in [1.165, 1.54) is 6.07 Å². The van der Waals surface area contributed by atoms with Crippen molar-refractivity contribution in [2.45, 2.75) is 18.6 Å². The predicted molar refractivity (Wildman–Crippen MR) is 52.7 cm³/mol. The number of ether oxygens (including phenoxy) is 1. The molecule has 4 heteroatoms. The average molecular weight is 216 g/mol. The van der Waals surface area contributed by atoms with Gasteiger partial charge in [-0.05, 0) is 18.6 Å². The molecule has 0 aromatic heterocycles. The van der Waals surface area contributed by atoms with E-state index in [-0.39, 0.29) is 18.0 Å². The third kappa shape index (κ3) is 1.75. The summed E-state index contributed by atoms with van der Waals surface area (Å²) in [7, 11) is 0. The summed E-state index contributed by atoms with van der Waals surface area (Å²) in [5.41, 5.74) is 6.29. The van der Waals surface area contributed by atoms with Gasteiger partial charge in [-0.1, -0.05) is 17.7 Å². The zero-order valence-electron chi connectivity index (χ0n) is 7.54. The molecule has 0 saturated carbocycles. The number of halogens is 2. The molecule has 1 heterocycles. The summed E-state index contributed by atoms with van der Waals surface area (Å²) in [5, 5.41) is 0.387. The maximum atomic E-state index is 13.5. The molecule has 2 atom stereocenters. The van der Waals surface area contributed by atoms with Crippen LogP contribution in [0.3, 0.4) is 0 Å². The molecular formula is C10H11ClFNO. The van der Waals surface area contributed by atoms with Crippen molar-refractivity contribution in [3.05, 3.63) is 34.6 Å². The Labute approximate surface area is 86.8 Å². The minimum atomic E-state index is -0.347. The molecule has 1 saturated heterocycles. The van der Waals surface area contributed by atoms with Crippen LogP contribution in [-0.4, -0.2) is 12.6 Å². The van der Waals surface area contributed by atoms with Crippen LogP contribution in [0.1, 0.15) is 18.1 Å². The van der Waals surface area contributed by atoms with Crippen molar-refractivity contribution in [3.8, 4) is 0 Å². The monoisotopic (exact) mass is 215 g/mol. The standard InChI is InChI=1S/C10H11ClFNO/c11-6-1-2-7(8(12)5-6)10-9(13)3-4-14-10/h1-2,5,9-10H,3-4,13H2. The Morgan fingerprint density at radius 1 is 1.50 bits per heavy atom. The quantitative estimate of drug-likeness (QED) is 0.780. The van der Waals surface area contributed by atoms with Crippen molar-refractivity contribution in [2.75, 3.05) is 6.61 Å². The summed E-state index contributed by atoms with van der Waals surface area (Å²) < 4.78 is 18.8. The summed E-state index contributed by atoms with van der Waals surface area (Å²) in [5.74, 6) is -0.347. The molecule has 0 aliphatic carbocycles. The molecule has 2 N–H and O–H groups in total. The Morgan fingerprint density at radius 3 is 2.86 bits per heavy atom. The minimum absolute atomic E-state index is 0.120. The highest BCUT2D eigenvalue weighted by atomic mass is 35.5. The number of hydrogen-bond acceptors (Lipinski definition) is 2. The van der Waals surface area contributed by atoms with Crippen molar-refractivity contribution in [1.29, 1.82) is 0 Å². The van der Waals surface area contributed by atoms with Gasteiger partial charge in [0.1, 0.15) is 11.9 Å². The highest BCUT2D eigenvalue weighted by molar-refractivity contribution is 6.30. The second kappa shape index (κ2) is 3.85. The molecule has 2 rings (SSSR count). The summed E-state index contributed by atoms with van der Waals surface area (Å²) in [4.78, 5) is 0. The molecule has 0 bridgehead atoms. The van der Waals surface area contributed by atoms with E-state index in [1.54, 1.807) is 12.1 Å². The van der Waals surface area contributed by atoms with Gasteiger partial charge in [0.15, 0.2) is 0 Å². The second-order valence-electron chi connectivity index (χ2n) is 3.41. The van der Waals surface area contributed by atoms with Gasteiger partial charge in [0.05, 0.1) is 0 Å². The molecule has 2 nitrogen and oxygen atoms in total. The smallest absolute Gasteiger partial charge is 0.130 e. The van der Waals surface area contributed by atoms with Crippen LogP contribution in [0, 0.1) is 5.82 Å². The first-order chi connectivity index (χ1) is 6.68. The Hall–Kier alpha value is -0.640. The van der Waals surface area contributed by atoms with E-state index in [2.05, 4.69) is 0 Å². The van der Waals surface area contributed by atoms with Gasteiger partial charge in [-0.2, -0.15) is 0 Å². The summed E-state index contributed by atoms with van der Waals surface area (Å²) in [6, 6.07) is 4.44. The lowest BCUT2D eigenvalue weighted by Gasteiger charge is -2.15. The second-order valence-corrected chi connectivity index (χ2v) is 3.85. The average Bonchev–Trinajstić information content (AvgIpc) is 2.52. The Balaban J connectivity index is 2.31. The zero-order chi connectivity index (χ0) is 10.1. The first kappa shape index (κ1) is 9.90. The van der Waals surface area contributed by atoms with Gasteiger partial charge in [0.25, 0.3) is 0 Å². The van der Waals surface area contributed by atoms with E-state index in [4.69, 9.17) is 22.1 Å². The maximum Gasteiger partial charge on any atom is 0.130 e. The molecule has 76 valence electrons. The summed E-state index contributed by atoms with van der Waals surface area (Å²) in [6.07, 6.45) is 0.444. The minimum Gasteiger partial charge on any atom is -0.372 e. The van der Waals surface area contributed by atoms with Gasteiger partial charge >= 0.3 is 0 Å². The van der Waals surface area contributed by atoms with E-state index in [0.29, 0.717) is 17.2 Å². The molecule has 2 unspecified atom stereocenters. The third-order valence-corrected chi connectivity index (χ3v) is 2.64. The summed E-state index contributed by atoms with van der Waals surface area (Å²) in [6.45, 7) is 0.591. The fourth-order valence-electron chi connectivity index (χ4n) is 1.66. The van der Waals surface area contributed by atoms with Gasteiger partial charge < -0.3 is 10.5 Å². The molecule has 0 radical (unpaired) electrons. The Bertz CT molecular complexity index is 345. The Kier molecular flexibility index (Phi) is 2.72. The van der Waals surface area contributed by atoms with Crippen LogP contribution < -0.4 is 5.73 Å². The highest BCUT2D eigenvalue weighted by Gasteiger charge is 2.28. The lowest BCUT2D eigenvalue weighted by molar-refractivity contribution is 0.102. The topological polar surface area (TPSA) is 35.2 Å². The van der Waals surface area contributed by atoms with Gasteiger partial charge in [0, 0.05) is 23.2 Å². The Morgan fingerprint density at radius 2 is 2.29 bits per heavy atom. The first-order valence-corrected chi connectivity index (χ1v) is 4.88. The lowest BCUT2D eigenvalue weighted by Crippen LogP contribution is -2.24. The van der Waals surface area contributed by atoms with E-state index >= 15 is 0 Å². The number of rotatable bonds is 1. The van der Waals surface area contributed by atoms with Crippen molar-refractivity contribution in [2.24, 2.45) is 5.73 Å². The van der Waals surface area contributed by atoms with E-state index in [9.17, 15) is 4.39 Å². The van der Waals surface area contributed by atoms with Crippen molar-refractivity contribution in [1.82, 2.24) is 0 Å². The van der Waals surface area contributed by atoms with Crippen LogP contribution in [0.4, 0.5) is 4.39 Å². The fraction of sp³-hybridized carbons (Fsp3) is 0.400. The van der Waals surface area contributed by atoms with Crippen LogP contribution in [0.25, 0.3) is 0 Å².